The van der Waals surface area contributed by atoms with Crippen LogP contribution in [0.2, 0.25) is 0 Å². The zero-order valence-electron chi connectivity index (χ0n) is 16.6. The standard InChI is InChI=1S/C19H14F4N6O2S/c1-9-25-16(17(31-9)10-3-11(20)5-12(21)4-10)18(30)27-14-6-24-29(28-14)7-15-26-13(8-32-15)19(2,22)23/h3-6,8H,7H2,1-2H3,(H,27,28,30). The van der Waals surface area contributed by atoms with Crippen LogP contribution >= 0.6 is 11.3 Å². The summed E-state index contributed by atoms with van der Waals surface area (Å²) in [7, 11) is 0. The minimum absolute atomic E-state index is 0.00389. The number of oxazole rings is 1. The number of carbonyl (C=O) groups is 1. The summed E-state index contributed by atoms with van der Waals surface area (Å²) in [6.07, 6.45) is 1.25. The Kier molecular flexibility index (Phi) is 5.50. The summed E-state index contributed by atoms with van der Waals surface area (Å²) >= 11 is 1.03. The molecule has 32 heavy (non-hydrogen) atoms. The fourth-order valence-corrected chi connectivity index (χ4v) is 3.62. The lowest BCUT2D eigenvalue weighted by molar-refractivity contribution is 0.0132. The van der Waals surface area contributed by atoms with Gasteiger partial charge < -0.3 is 9.73 Å². The summed E-state index contributed by atoms with van der Waals surface area (Å²) in [6.45, 7) is 2.26. The van der Waals surface area contributed by atoms with Gasteiger partial charge in [-0.3, -0.25) is 4.79 Å². The number of thiazole rings is 1. The van der Waals surface area contributed by atoms with Crippen molar-refractivity contribution in [3.8, 4) is 11.3 Å². The molecule has 0 unspecified atom stereocenters. The molecule has 13 heteroatoms. The first-order valence-corrected chi connectivity index (χ1v) is 9.94. The number of anilines is 1. The normalized spacial score (nSPS) is 11.7. The van der Waals surface area contributed by atoms with Crippen LogP contribution < -0.4 is 5.32 Å². The molecule has 1 N–H and O–H groups in total. The van der Waals surface area contributed by atoms with E-state index in [-0.39, 0.29) is 41.0 Å². The van der Waals surface area contributed by atoms with Crippen LogP contribution in [0.3, 0.4) is 0 Å². The summed E-state index contributed by atoms with van der Waals surface area (Å²) in [4.78, 5) is 21.7. The summed E-state index contributed by atoms with van der Waals surface area (Å²) in [5.74, 6) is -5.42. The highest BCUT2D eigenvalue weighted by Crippen LogP contribution is 2.29. The molecule has 3 aromatic heterocycles. The van der Waals surface area contributed by atoms with Crippen molar-refractivity contribution in [1.29, 1.82) is 0 Å². The van der Waals surface area contributed by atoms with Gasteiger partial charge in [-0.25, -0.2) is 18.7 Å². The Hall–Kier alpha value is -3.61. The fraction of sp³-hybridized carbons (Fsp3) is 0.211. The van der Waals surface area contributed by atoms with E-state index in [1.165, 1.54) is 23.3 Å². The Morgan fingerprint density at radius 1 is 1.22 bits per heavy atom. The van der Waals surface area contributed by atoms with Crippen molar-refractivity contribution < 1.29 is 26.8 Å². The van der Waals surface area contributed by atoms with E-state index in [4.69, 9.17) is 4.42 Å². The summed E-state index contributed by atoms with van der Waals surface area (Å²) < 4.78 is 59.2. The number of hydrogen-bond donors (Lipinski definition) is 1. The van der Waals surface area contributed by atoms with E-state index in [1.54, 1.807) is 0 Å². The van der Waals surface area contributed by atoms with Gasteiger partial charge in [-0.15, -0.1) is 16.4 Å². The van der Waals surface area contributed by atoms with Crippen LogP contribution in [0.25, 0.3) is 11.3 Å². The maximum atomic E-state index is 13.6. The van der Waals surface area contributed by atoms with Crippen LogP contribution in [0.15, 0.2) is 34.2 Å². The third-order valence-corrected chi connectivity index (χ3v) is 4.96. The molecule has 0 aliphatic heterocycles. The maximum Gasteiger partial charge on any atom is 0.287 e. The number of alkyl halides is 2. The summed E-state index contributed by atoms with van der Waals surface area (Å²) in [6, 6.07) is 2.72. The van der Waals surface area contributed by atoms with Crippen molar-refractivity contribution in [1.82, 2.24) is 25.0 Å². The van der Waals surface area contributed by atoms with Crippen molar-refractivity contribution in [2.24, 2.45) is 0 Å². The van der Waals surface area contributed by atoms with E-state index >= 15 is 0 Å². The maximum absolute atomic E-state index is 13.6. The average molecular weight is 466 g/mol. The Bertz CT molecular complexity index is 1270. The number of amides is 1. The Morgan fingerprint density at radius 3 is 2.59 bits per heavy atom. The van der Waals surface area contributed by atoms with Gasteiger partial charge in [-0.1, -0.05) is 0 Å². The van der Waals surface area contributed by atoms with E-state index in [9.17, 15) is 22.4 Å². The molecule has 4 aromatic rings. The lowest BCUT2D eigenvalue weighted by Gasteiger charge is -2.04. The lowest BCUT2D eigenvalue weighted by Crippen LogP contribution is -2.14. The molecule has 3 heterocycles. The van der Waals surface area contributed by atoms with Gasteiger partial charge in [-0.05, 0) is 12.1 Å². The number of aryl methyl sites for hydroxylation is 1. The van der Waals surface area contributed by atoms with Crippen molar-refractivity contribution in [3.63, 3.8) is 0 Å². The van der Waals surface area contributed by atoms with Crippen molar-refractivity contribution in [2.75, 3.05) is 5.32 Å². The van der Waals surface area contributed by atoms with Gasteiger partial charge in [-0.2, -0.15) is 18.7 Å². The highest BCUT2D eigenvalue weighted by Gasteiger charge is 2.28. The predicted molar refractivity (Wildman–Crippen MR) is 105 cm³/mol. The molecule has 8 nitrogen and oxygen atoms in total. The second-order valence-corrected chi connectivity index (χ2v) is 7.74. The van der Waals surface area contributed by atoms with Crippen LogP contribution in [0.1, 0.15) is 34.0 Å². The van der Waals surface area contributed by atoms with Crippen LogP contribution in [0.4, 0.5) is 23.4 Å². The quantitative estimate of drug-likeness (QED) is 0.423. The van der Waals surface area contributed by atoms with Gasteiger partial charge in [0, 0.05) is 30.9 Å². The second kappa shape index (κ2) is 8.15. The Balaban J connectivity index is 1.51. The van der Waals surface area contributed by atoms with Crippen molar-refractivity contribution >= 4 is 23.1 Å². The average Bonchev–Trinajstić information content (AvgIpc) is 3.41. The fourth-order valence-electron chi connectivity index (χ4n) is 2.77. The monoisotopic (exact) mass is 466 g/mol. The minimum atomic E-state index is -3.05. The summed E-state index contributed by atoms with van der Waals surface area (Å²) in [5.41, 5.74) is -0.540. The molecule has 0 aliphatic rings. The molecule has 0 spiro atoms. The lowest BCUT2D eigenvalue weighted by atomic mass is 10.1. The number of carbonyl (C=O) groups excluding carboxylic acids is 1. The third-order valence-electron chi connectivity index (χ3n) is 4.13. The van der Waals surface area contributed by atoms with E-state index in [0.29, 0.717) is 11.1 Å². The number of nitrogens with zero attached hydrogens (tertiary/aromatic N) is 5. The number of benzene rings is 1. The zero-order chi connectivity index (χ0) is 23.0. The molecule has 0 atom stereocenters. The second-order valence-electron chi connectivity index (χ2n) is 6.80. The minimum Gasteiger partial charge on any atom is -0.440 e. The summed E-state index contributed by atoms with van der Waals surface area (Å²) in [5, 5.41) is 12.1. The van der Waals surface area contributed by atoms with Gasteiger partial charge in [0.2, 0.25) is 0 Å². The number of halogens is 4. The Morgan fingerprint density at radius 2 is 1.94 bits per heavy atom. The molecule has 0 radical (unpaired) electrons. The first kappa shape index (κ1) is 21.6. The molecule has 0 aliphatic carbocycles. The molecular weight excluding hydrogens is 452 g/mol. The van der Waals surface area contributed by atoms with Crippen LogP contribution in [0, 0.1) is 18.6 Å². The van der Waals surface area contributed by atoms with Crippen molar-refractivity contribution in [2.45, 2.75) is 26.3 Å². The number of hydrogen-bond acceptors (Lipinski definition) is 7. The molecule has 0 saturated carbocycles. The smallest absolute Gasteiger partial charge is 0.287 e. The zero-order valence-corrected chi connectivity index (χ0v) is 17.4. The van der Waals surface area contributed by atoms with Crippen LogP contribution in [-0.2, 0) is 12.5 Å². The van der Waals surface area contributed by atoms with Crippen LogP contribution in [0.5, 0.6) is 0 Å². The van der Waals surface area contributed by atoms with Gasteiger partial charge in [0.05, 0.1) is 6.20 Å². The first-order chi connectivity index (χ1) is 15.1. The van der Waals surface area contributed by atoms with Gasteiger partial charge in [0.25, 0.3) is 11.8 Å². The highest BCUT2D eigenvalue weighted by molar-refractivity contribution is 7.09. The molecule has 1 amide bonds. The molecule has 0 saturated heterocycles. The van der Waals surface area contributed by atoms with E-state index in [0.717, 1.165) is 30.4 Å². The molecule has 0 bridgehead atoms. The van der Waals surface area contributed by atoms with Crippen molar-refractivity contribution in [3.05, 3.63) is 63.7 Å². The third kappa shape index (κ3) is 4.66. The topological polar surface area (TPSA) is 98.7 Å². The van der Waals surface area contributed by atoms with Crippen LogP contribution in [-0.4, -0.2) is 30.9 Å². The first-order valence-electron chi connectivity index (χ1n) is 9.06. The van der Waals surface area contributed by atoms with E-state index < -0.39 is 23.5 Å². The van der Waals surface area contributed by atoms with Gasteiger partial charge >= 0.3 is 0 Å². The van der Waals surface area contributed by atoms with E-state index in [2.05, 4.69) is 25.5 Å². The van der Waals surface area contributed by atoms with Gasteiger partial charge in [0.15, 0.2) is 23.2 Å². The highest BCUT2D eigenvalue weighted by atomic mass is 32.1. The molecule has 1 aromatic carbocycles. The SMILES string of the molecule is Cc1nc(C(=O)Nc2cnn(Cc3nc(C(C)(F)F)cs3)n2)c(-c2cc(F)cc(F)c2)o1. The van der Waals surface area contributed by atoms with E-state index in [1.807, 2.05) is 0 Å². The molecular formula is C19H14F4N6O2S. The number of rotatable bonds is 6. The number of aromatic nitrogens is 5. The Labute approximate surface area is 181 Å². The number of nitrogens with one attached hydrogen (secondary N) is 1. The molecule has 4 rings (SSSR count). The predicted octanol–water partition coefficient (Wildman–Crippen LogP) is 4.39. The molecule has 0 fully saturated rings. The largest absolute Gasteiger partial charge is 0.440 e. The van der Waals surface area contributed by atoms with Gasteiger partial charge in [0.1, 0.15) is 28.9 Å². The molecule has 166 valence electrons.